The lowest BCUT2D eigenvalue weighted by molar-refractivity contribution is -0.137. The van der Waals surface area contributed by atoms with Crippen molar-refractivity contribution in [2.24, 2.45) is 0 Å². The molecule has 6 heteroatoms. The van der Waals surface area contributed by atoms with Crippen LogP contribution in [-0.2, 0) is 14.3 Å². The van der Waals surface area contributed by atoms with Crippen molar-refractivity contribution >= 4 is 36.3 Å². The lowest BCUT2D eigenvalue weighted by Crippen LogP contribution is -2.26. The third kappa shape index (κ3) is 7.19. The van der Waals surface area contributed by atoms with Gasteiger partial charge in [-0.3, -0.25) is 9.59 Å². The highest BCUT2D eigenvalue weighted by Gasteiger charge is 2.36. The fraction of sp³-hybridized carbons (Fsp3) is 0.200. The maximum atomic E-state index is 11.1. The number of thioether (sulfide) groups is 1. The SMILES string of the molecule is O=C(O)CCS.O=C(O)CCSC(c1ccccc1)(c1ccccc1)c1ccccc1. The molecule has 0 unspecified atom stereocenters. The standard InChI is InChI=1S/C22H20O2S.C3H6O2S/c23-21(24)16-17-25-22(18-10-4-1-5-11-18,19-12-6-2-7-13-19)20-14-8-3-9-15-20;4-3(5)1-2-6/h1-15H,16-17H2,(H,23,24);6H,1-2H2,(H,4,5). The minimum absolute atomic E-state index is 0.138. The Kier molecular flexibility index (Phi) is 10.2. The minimum atomic E-state index is -0.787. The van der Waals surface area contributed by atoms with Crippen LogP contribution in [0.25, 0.3) is 0 Å². The van der Waals surface area contributed by atoms with E-state index in [1.807, 2.05) is 54.6 Å². The number of hydrogen-bond acceptors (Lipinski definition) is 4. The van der Waals surface area contributed by atoms with Crippen molar-refractivity contribution in [1.29, 1.82) is 0 Å². The summed E-state index contributed by atoms with van der Waals surface area (Å²) in [6.45, 7) is 0. The number of benzene rings is 3. The van der Waals surface area contributed by atoms with Gasteiger partial charge in [0, 0.05) is 11.5 Å². The summed E-state index contributed by atoms with van der Waals surface area (Å²) >= 11 is 5.35. The molecule has 0 aromatic heterocycles. The van der Waals surface area contributed by atoms with Crippen LogP contribution in [0.15, 0.2) is 91.0 Å². The van der Waals surface area contributed by atoms with Crippen LogP contribution >= 0.6 is 24.4 Å². The van der Waals surface area contributed by atoms with Gasteiger partial charge < -0.3 is 10.2 Å². The number of hydrogen-bond donors (Lipinski definition) is 3. The number of aliphatic carboxylic acids is 2. The molecule has 162 valence electrons. The summed E-state index contributed by atoms with van der Waals surface area (Å²) in [6.07, 6.45) is 0.294. The molecule has 0 aliphatic rings. The molecule has 0 saturated heterocycles. The van der Waals surface area contributed by atoms with Crippen LogP contribution in [0.4, 0.5) is 0 Å². The quantitative estimate of drug-likeness (QED) is 0.291. The number of thiol groups is 1. The first-order chi connectivity index (χ1) is 15.0. The zero-order valence-electron chi connectivity index (χ0n) is 17.1. The van der Waals surface area contributed by atoms with E-state index >= 15 is 0 Å². The average Bonchev–Trinajstić information content (AvgIpc) is 2.79. The fourth-order valence-electron chi connectivity index (χ4n) is 3.16. The number of rotatable bonds is 9. The summed E-state index contributed by atoms with van der Waals surface area (Å²) in [5.41, 5.74) is 3.47. The summed E-state index contributed by atoms with van der Waals surface area (Å²) in [5.74, 6) is -0.593. The van der Waals surface area contributed by atoms with Crippen molar-refractivity contribution < 1.29 is 19.8 Å². The summed E-state index contributed by atoms with van der Waals surface area (Å²) < 4.78 is -0.431. The highest BCUT2D eigenvalue weighted by atomic mass is 32.2. The number of carboxylic acid groups (broad SMARTS) is 2. The monoisotopic (exact) mass is 454 g/mol. The van der Waals surface area contributed by atoms with Gasteiger partial charge in [-0.15, -0.1) is 11.8 Å². The zero-order valence-corrected chi connectivity index (χ0v) is 18.8. The zero-order chi connectivity index (χ0) is 22.5. The maximum Gasteiger partial charge on any atom is 0.304 e. The van der Waals surface area contributed by atoms with Crippen LogP contribution < -0.4 is 0 Å². The Labute approximate surface area is 192 Å². The molecule has 2 N–H and O–H groups in total. The first-order valence-electron chi connectivity index (χ1n) is 9.85. The van der Waals surface area contributed by atoms with E-state index in [4.69, 9.17) is 10.2 Å². The van der Waals surface area contributed by atoms with Gasteiger partial charge in [0.15, 0.2) is 0 Å². The van der Waals surface area contributed by atoms with Crippen molar-refractivity contribution in [2.75, 3.05) is 11.5 Å². The Bertz CT molecular complexity index is 835. The second kappa shape index (κ2) is 12.9. The number of carbonyl (C=O) groups is 2. The molecule has 0 heterocycles. The topological polar surface area (TPSA) is 74.6 Å². The summed E-state index contributed by atoms with van der Waals surface area (Å²) in [5, 5.41) is 17.0. The molecular formula is C25H26O4S2. The van der Waals surface area contributed by atoms with Gasteiger partial charge in [0.25, 0.3) is 0 Å². The Morgan fingerprint density at radius 1 is 0.677 bits per heavy atom. The van der Waals surface area contributed by atoms with Crippen molar-refractivity contribution in [3.8, 4) is 0 Å². The van der Waals surface area contributed by atoms with E-state index in [0.29, 0.717) is 11.5 Å². The molecule has 0 atom stereocenters. The third-order valence-electron chi connectivity index (χ3n) is 4.50. The van der Waals surface area contributed by atoms with Gasteiger partial charge in [0.2, 0.25) is 0 Å². The molecule has 0 aliphatic heterocycles. The smallest absolute Gasteiger partial charge is 0.304 e. The van der Waals surface area contributed by atoms with Gasteiger partial charge in [0.1, 0.15) is 0 Å². The largest absolute Gasteiger partial charge is 0.481 e. The van der Waals surface area contributed by atoms with Gasteiger partial charge in [-0.25, -0.2) is 0 Å². The molecule has 0 aliphatic carbocycles. The van der Waals surface area contributed by atoms with Gasteiger partial charge >= 0.3 is 11.9 Å². The second-order valence-corrected chi connectivity index (χ2v) is 8.40. The molecule has 0 spiro atoms. The van der Waals surface area contributed by atoms with E-state index in [9.17, 15) is 9.59 Å². The van der Waals surface area contributed by atoms with Crippen molar-refractivity contribution in [3.05, 3.63) is 108 Å². The van der Waals surface area contributed by atoms with E-state index in [1.54, 1.807) is 11.8 Å². The van der Waals surface area contributed by atoms with Crippen LogP contribution in [0, 0.1) is 0 Å². The molecule has 31 heavy (non-hydrogen) atoms. The predicted octanol–water partition coefficient (Wildman–Crippen LogP) is 5.58. The van der Waals surface area contributed by atoms with E-state index in [1.165, 1.54) is 0 Å². The molecule has 0 amide bonds. The van der Waals surface area contributed by atoms with E-state index in [2.05, 4.69) is 49.0 Å². The Balaban J connectivity index is 0.000000501. The molecule has 0 radical (unpaired) electrons. The van der Waals surface area contributed by atoms with Crippen LogP contribution in [0.1, 0.15) is 29.5 Å². The average molecular weight is 455 g/mol. The summed E-state index contributed by atoms with van der Waals surface area (Å²) in [4.78, 5) is 20.6. The first-order valence-corrected chi connectivity index (χ1v) is 11.5. The van der Waals surface area contributed by atoms with Gasteiger partial charge in [-0.05, 0) is 16.7 Å². The van der Waals surface area contributed by atoms with Crippen molar-refractivity contribution in [1.82, 2.24) is 0 Å². The molecule has 0 bridgehead atoms. The third-order valence-corrected chi connectivity index (χ3v) is 6.27. The van der Waals surface area contributed by atoms with E-state index in [-0.39, 0.29) is 12.8 Å². The van der Waals surface area contributed by atoms with E-state index < -0.39 is 16.7 Å². The summed E-state index contributed by atoms with van der Waals surface area (Å²) in [7, 11) is 0. The molecule has 0 fully saturated rings. The Hall–Kier alpha value is -2.70. The predicted molar refractivity (Wildman–Crippen MR) is 130 cm³/mol. The van der Waals surface area contributed by atoms with Crippen LogP contribution in [0.2, 0.25) is 0 Å². The molecule has 3 aromatic rings. The minimum Gasteiger partial charge on any atom is -0.481 e. The Morgan fingerprint density at radius 2 is 1.03 bits per heavy atom. The highest BCUT2D eigenvalue weighted by Crippen LogP contribution is 2.48. The molecule has 0 saturated carbocycles. The lowest BCUT2D eigenvalue weighted by atomic mass is 9.84. The molecule has 4 nitrogen and oxygen atoms in total. The summed E-state index contributed by atoms with van der Waals surface area (Å²) in [6, 6.07) is 30.9. The van der Waals surface area contributed by atoms with Gasteiger partial charge in [-0.2, -0.15) is 12.6 Å². The first kappa shape index (κ1) is 24.6. The fourth-order valence-corrected chi connectivity index (χ4v) is 4.84. The number of carboxylic acids is 2. The van der Waals surface area contributed by atoms with Crippen LogP contribution in [-0.4, -0.2) is 33.7 Å². The normalized spacial score (nSPS) is 10.6. The maximum absolute atomic E-state index is 11.1. The van der Waals surface area contributed by atoms with Crippen molar-refractivity contribution in [3.63, 3.8) is 0 Å². The second-order valence-electron chi connectivity index (χ2n) is 6.64. The van der Waals surface area contributed by atoms with Crippen LogP contribution in [0.3, 0.4) is 0 Å². The molecular weight excluding hydrogens is 428 g/mol. The highest BCUT2D eigenvalue weighted by molar-refractivity contribution is 8.00. The molecule has 3 aromatic carbocycles. The van der Waals surface area contributed by atoms with Crippen LogP contribution in [0.5, 0.6) is 0 Å². The Morgan fingerprint density at radius 3 is 1.29 bits per heavy atom. The lowest BCUT2D eigenvalue weighted by Gasteiger charge is -2.35. The molecule has 3 rings (SSSR count). The van der Waals surface area contributed by atoms with Gasteiger partial charge in [-0.1, -0.05) is 91.0 Å². The van der Waals surface area contributed by atoms with Crippen molar-refractivity contribution in [2.45, 2.75) is 17.6 Å². The van der Waals surface area contributed by atoms with Gasteiger partial charge in [0.05, 0.1) is 17.6 Å². The van der Waals surface area contributed by atoms with E-state index in [0.717, 1.165) is 16.7 Å².